The summed E-state index contributed by atoms with van der Waals surface area (Å²) < 4.78 is 5.34. The molecule has 0 aromatic heterocycles. The summed E-state index contributed by atoms with van der Waals surface area (Å²) in [7, 11) is 4.04. The lowest BCUT2D eigenvalue weighted by Gasteiger charge is -2.26. The second-order valence-corrected chi connectivity index (χ2v) is 8.87. The van der Waals surface area contributed by atoms with E-state index in [9.17, 15) is 4.79 Å². The molecule has 1 unspecified atom stereocenters. The van der Waals surface area contributed by atoms with Gasteiger partial charge in [0.2, 0.25) is 5.91 Å². The van der Waals surface area contributed by atoms with E-state index in [4.69, 9.17) is 4.74 Å². The van der Waals surface area contributed by atoms with Crippen LogP contribution in [0.2, 0.25) is 0 Å². The number of rotatable bonds is 10. The highest BCUT2D eigenvalue weighted by atomic mass is 33.1. The number of ether oxygens (including phenoxy) is 1. The summed E-state index contributed by atoms with van der Waals surface area (Å²) in [6.07, 6.45) is 7.82. The van der Waals surface area contributed by atoms with Crippen molar-refractivity contribution >= 4 is 27.5 Å². The van der Waals surface area contributed by atoms with Crippen LogP contribution in [0, 0.1) is 0 Å². The molecule has 1 amide bonds. The van der Waals surface area contributed by atoms with Gasteiger partial charge >= 0.3 is 0 Å². The molecule has 22 heavy (non-hydrogen) atoms. The summed E-state index contributed by atoms with van der Waals surface area (Å²) in [4.78, 5) is 14.2. The Morgan fingerprint density at radius 1 is 1.18 bits per heavy atom. The van der Waals surface area contributed by atoms with Gasteiger partial charge in [-0.05, 0) is 38.6 Å². The first-order valence-electron chi connectivity index (χ1n) is 8.69. The monoisotopic (exact) mass is 346 g/mol. The van der Waals surface area contributed by atoms with Crippen LogP contribution in [0.5, 0.6) is 0 Å². The number of nitrogens with zero attached hydrogens (tertiary/aromatic N) is 1. The Labute approximate surface area is 142 Å². The maximum atomic E-state index is 11.8. The predicted molar refractivity (Wildman–Crippen MR) is 96.4 cm³/mol. The average molecular weight is 347 g/mol. The van der Waals surface area contributed by atoms with Gasteiger partial charge in [0.15, 0.2) is 0 Å². The summed E-state index contributed by atoms with van der Waals surface area (Å²) in [5.41, 5.74) is 0. The fraction of sp³-hybridized carbons (Fsp3) is 0.938. The molecule has 0 aromatic carbocycles. The summed E-state index contributed by atoms with van der Waals surface area (Å²) >= 11 is 0. The van der Waals surface area contributed by atoms with Gasteiger partial charge in [-0.2, -0.15) is 0 Å². The van der Waals surface area contributed by atoms with Crippen molar-refractivity contribution in [3.05, 3.63) is 0 Å². The van der Waals surface area contributed by atoms with E-state index in [0.717, 1.165) is 63.9 Å². The number of morpholine rings is 1. The first-order valence-corrected chi connectivity index (χ1v) is 11.1. The van der Waals surface area contributed by atoms with E-state index in [1.807, 2.05) is 21.6 Å². The maximum Gasteiger partial charge on any atom is 0.219 e. The molecule has 2 rings (SSSR count). The van der Waals surface area contributed by atoms with Gasteiger partial charge in [-0.3, -0.25) is 9.69 Å². The smallest absolute Gasteiger partial charge is 0.219 e. The Morgan fingerprint density at radius 3 is 2.82 bits per heavy atom. The predicted octanol–water partition coefficient (Wildman–Crippen LogP) is 2.93. The minimum absolute atomic E-state index is 0.236. The zero-order valence-corrected chi connectivity index (χ0v) is 15.2. The van der Waals surface area contributed by atoms with Crippen LogP contribution >= 0.6 is 21.6 Å². The van der Waals surface area contributed by atoms with Crippen LogP contribution in [0.3, 0.4) is 0 Å². The van der Waals surface area contributed by atoms with E-state index in [1.165, 1.54) is 25.0 Å². The van der Waals surface area contributed by atoms with Crippen LogP contribution in [-0.2, 0) is 9.53 Å². The van der Waals surface area contributed by atoms with E-state index in [0.29, 0.717) is 6.42 Å². The summed E-state index contributed by atoms with van der Waals surface area (Å²) in [5, 5.41) is 3.90. The van der Waals surface area contributed by atoms with E-state index in [1.54, 1.807) is 0 Å². The number of carbonyl (C=O) groups is 1. The van der Waals surface area contributed by atoms with Crippen molar-refractivity contribution in [3.8, 4) is 0 Å². The third-order valence-electron chi connectivity index (χ3n) is 4.23. The molecule has 128 valence electrons. The minimum atomic E-state index is 0.236. The summed E-state index contributed by atoms with van der Waals surface area (Å²) in [6, 6.07) is 0. The topological polar surface area (TPSA) is 41.6 Å². The number of hydrogen-bond acceptors (Lipinski definition) is 5. The number of carbonyl (C=O) groups excluding carboxylic acids is 1. The Balaban J connectivity index is 1.36. The molecule has 0 bridgehead atoms. The van der Waals surface area contributed by atoms with Crippen molar-refractivity contribution in [2.75, 3.05) is 45.1 Å². The van der Waals surface area contributed by atoms with Gasteiger partial charge in [-0.1, -0.05) is 28.0 Å². The van der Waals surface area contributed by atoms with Crippen LogP contribution < -0.4 is 5.32 Å². The molecule has 2 heterocycles. The maximum absolute atomic E-state index is 11.8. The van der Waals surface area contributed by atoms with Gasteiger partial charge in [0.1, 0.15) is 0 Å². The largest absolute Gasteiger partial charge is 0.379 e. The molecule has 4 nitrogen and oxygen atoms in total. The quantitative estimate of drug-likeness (QED) is 0.486. The van der Waals surface area contributed by atoms with Crippen molar-refractivity contribution in [3.63, 3.8) is 0 Å². The molecule has 0 saturated carbocycles. The molecule has 0 aliphatic carbocycles. The van der Waals surface area contributed by atoms with Crippen molar-refractivity contribution in [2.45, 2.75) is 50.2 Å². The van der Waals surface area contributed by atoms with E-state index in [2.05, 4.69) is 10.2 Å². The zero-order chi connectivity index (χ0) is 15.5. The second-order valence-electron chi connectivity index (χ2n) is 6.09. The standard InChI is InChI=1S/C16H30N2O2S2/c19-16(6-2-1-5-15-7-14-21-22-15)17-8-3-4-9-18-10-12-20-13-11-18/h15H,1-14H2,(H,17,19). The molecular weight excluding hydrogens is 316 g/mol. The third-order valence-corrected chi connectivity index (χ3v) is 7.24. The number of nitrogens with one attached hydrogen (secondary N) is 1. The van der Waals surface area contributed by atoms with Crippen molar-refractivity contribution in [1.29, 1.82) is 0 Å². The van der Waals surface area contributed by atoms with Crippen molar-refractivity contribution in [2.24, 2.45) is 0 Å². The highest BCUT2D eigenvalue weighted by Gasteiger charge is 2.15. The van der Waals surface area contributed by atoms with Gasteiger partial charge in [0, 0.05) is 37.1 Å². The normalized spacial score (nSPS) is 22.8. The van der Waals surface area contributed by atoms with Gasteiger partial charge in [0.25, 0.3) is 0 Å². The van der Waals surface area contributed by atoms with Gasteiger partial charge < -0.3 is 10.1 Å². The third kappa shape index (κ3) is 8.09. The molecule has 1 atom stereocenters. The molecule has 2 fully saturated rings. The molecule has 0 spiro atoms. The molecule has 6 heteroatoms. The Kier molecular flexibility index (Phi) is 9.72. The highest BCUT2D eigenvalue weighted by Crippen LogP contribution is 2.39. The summed E-state index contributed by atoms with van der Waals surface area (Å²) in [6.45, 7) is 5.83. The van der Waals surface area contributed by atoms with Crippen LogP contribution in [0.4, 0.5) is 0 Å². The lowest BCUT2D eigenvalue weighted by molar-refractivity contribution is -0.121. The first kappa shape index (κ1) is 18.4. The molecule has 0 aromatic rings. The lowest BCUT2D eigenvalue weighted by Crippen LogP contribution is -2.37. The Hall–Kier alpha value is 0.0900. The van der Waals surface area contributed by atoms with Gasteiger partial charge in [-0.15, -0.1) is 0 Å². The fourth-order valence-electron chi connectivity index (χ4n) is 2.82. The number of unbranched alkanes of at least 4 members (excludes halogenated alkanes) is 2. The second kappa shape index (κ2) is 11.6. The molecule has 2 saturated heterocycles. The van der Waals surface area contributed by atoms with Crippen molar-refractivity contribution in [1.82, 2.24) is 10.2 Å². The number of amides is 1. The van der Waals surface area contributed by atoms with Crippen LogP contribution in [-0.4, -0.2) is 61.2 Å². The summed E-state index contributed by atoms with van der Waals surface area (Å²) in [5.74, 6) is 1.54. The van der Waals surface area contributed by atoms with Crippen LogP contribution in [0.1, 0.15) is 44.9 Å². The molecule has 2 aliphatic heterocycles. The minimum Gasteiger partial charge on any atom is -0.379 e. The van der Waals surface area contributed by atoms with Gasteiger partial charge in [0.05, 0.1) is 13.2 Å². The van der Waals surface area contributed by atoms with Crippen LogP contribution in [0.15, 0.2) is 0 Å². The van der Waals surface area contributed by atoms with E-state index < -0.39 is 0 Å². The number of hydrogen-bond donors (Lipinski definition) is 1. The SMILES string of the molecule is O=C(CCCCC1CCSS1)NCCCCN1CCOCC1. The van der Waals surface area contributed by atoms with Gasteiger partial charge in [-0.25, -0.2) is 0 Å². The first-order chi connectivity index (χ1) is 10.8. The van der Waals surface area contributed by atoms with E-state index in [-0.39, 0.29) is 5.91 Å². The zero-order valence-electron chi connectivity index (χ0n) is 13.6. The molecule has 2 aliphatic rings. The Bertz CT molecular complexity index is 307. The molecular formula is C16H30N2O2S2. The molecule has 0 radical (unpaired) electrons. The van der Waals surface area contributed by atoms with Crippen molar-refractivity contribution < 1.29 is 9.53 Å². The lowest BCUT2D eigenvalue weighted by atomic mass is 10.1. The van der Waals surface area contributed by atoms with E-state index >= 15 is 0 Å². The highest BCUT2D eigenvalue weighted by molar-refractivity contribution is 8.77. The van der Waals surface area contributed by atoms with Crippen LogP contribution in [0.25, 0.3) is 0 Å². The average Bonchev–Trinajstić information content (AvgIpc) is 3.06. The Morgan fingerprint density at radius 2 is 2.05 bits per heavy atom. The fourth-order valence-corrected chi connectivity index (χ4v) is 5.85. The molecule has 1 N–H and O–H groups in total.